The third kappa shape index (κ3) is 6.66. The van der Waals surface area contributed by atoms with Crippen LogP contribution in [0.5, 0.6) is 5.75 Å². The van der Waals surface area contributed by atoms with Gasteiger partial charge >= 0.3 is 0 Å². The molecule has 4 aromatic carbocycles. The van der Waals surface area contributed by atoms with Crippen LogP contribution in [0.1, 0.15) is 40.3 Å². The molecule has 8 heteroatoms. The Kier molecular flexibility index (Phi) is 9.72. The minimum Gasteiger partial charge on any atom is -0.495 e. The molecule has 0 aliphatic carbocycles. The minimum atomic E-state index is -0.717. The molecule has 0 fully saturated rings. The highest BCUT2D eigenvalue weighted by Crippen LogP contribution is 2.47. The number of carbonyl (C=O) groups is 1. The molecule has 1 aliphatic heterocycles. The van der Waals surface area contributed by atoms with Crippen molar-refractivity contribution < 1.29 is 9.53 Å². The zero-order valence-electron chi connectivity index (χ0n) is 24.2. The van der Waals surface area contributed by atoms with E-state index in [1.165, 1.54) is 11.8 Å². The summed E-state index contributed by atoms with van der Waals surface area (Å²) in [6, 6.07) is 36.7. The van der Waals surface area contributed by atoms with Gasteiger partial charge in [-0.25, -0.2) is 0 Å². The summed E-state index contributed by atoms with van der Waals surface area (Å²) >= 11 is 8.26. The predicted octanol–water partition coefficient (Wildman–Crippen LogP) is 8.27. The van der Waals surface area contributed by atoms with Crippen molar-refractivity contribution in [1.82, 2.24) is 5.32 Å². The molecule has 1 aliphatic rings. The van der Waals surface area contributed by atoms with Gasteiger partial charge in [0, 0.05) is 21.5 Å². The number of ether oxygens (including phenoxy) is 1. The molecule has 1 heterocycles. The van der Waals surface area contributed by atoms with E-state index in [1.807, 2.05) is 73.7 Å². The van der Waals surface area contributed by atoms with Gasteiger partial charge in [0.05, 0.1) is 47.0 Å². The Hall–Kier alpha value is -4.95. The molecule has 5 rings (SSSR count). The number of benzene rings is 4. The molecule has 44 heavy (non-hydrogen) atoms. The Bertz CT molecular complexity index is 1840. The highest BCUT2D eigenvalue weighted by molar-refractivity contribution is 8.03. The average molecular weight is 617 g/mol. The zero-order valence-corrected chi connectivity index (χ0v) is 25.7. The highest BCUT2D eigenvalue weighted by atomic mass is 35.5. The summed E-state index contributed by atoms with van der Waals surface area (Å²) in [5.74, 6) is -0.560. The first kappa shape index (κ1) is 30.5. The van der Waals surface area contributed by atoms with Crippen LogP contribution in [0.2, 0.25) is 5.02 Å². The SMILES string of the molecule is COc1ccccc1NC(=O)C1=C(C)NC(SC(Cc2cccc(C#N)c2)c2ccccc2)=C(C#N)C1c1ccccc1Cl. The maximum atomic E-state index is 14.0. The largest absolute Gasteiger partial charge is 0.495 e. The summed E-state index contributed by atoms with van der Waals surface area (Å²) in [4.78, 5) is 14.0. The first-order chi connectivity index (χ1) is 21.4. The molecule has 0 radical (unpaired) electrons. The van der Waals surface area contributed by atoms with Gasteiger partial charge in [-0.1, -0.05) is 96.2 Å². The molecule has 0 saturated heterocycles. The summed E-state index contributed by atoms with van der Waals surface area (Å²) in [5, 5.41) is 27.5. The molecular formula is C36H29ClN4O2S. The Morgan fingerprint density at radius 1 is 0.977 bits per heavy atom. The molecule has 218 valence electrons. The fraction of sp³-hybridized carbons (Fsp3) is 0.139. The highest BCUT2D eigenvalue weighted by Gasteiger charge is 2.37. The van der Waals surface area contributed by atoms with E-state index in [4.69, 9.17) is 16.3 Å². The van der Waals surface area contributed by atoms with E-state index in [9.17, 15) is 15.3 Å². The monoisotopic (exact) mass is 616 g/mol. The summed E-state index contributed by atoms with van der Waals surface area (Å²) in [7, 11) is 1.55. The number of allylic oxidation sites excluding steroid dienone is 2. The fourth-order valence-electron chi connectivity index (χ4n) is 5.28. The van der Waals surface area contributed by atoms with Gasteiger partial charge in [0.15, 0.2) is 0 Å². The molecule has 0 aromatic heterocycles. The van der Waals surface area contributed by atoms with Crippen LogP contribution < -0.4 is 15.4 Å². The van der Waals surface area contributed by atoms with Crippen LogP contribution in [0.15, 0.2) is 125 Å². The van der Waals surface area contributed by atoms with Crippen molar-refractivity contribution in [1.29, 1.82) is 10.5 Å². The summed E-state index contributed by atoms with van der Waals surface area (Å²) < 4.78 is 5.45. The third-order valence-corrected chi connectivity index (χ3v) is 9.00. The van der Waals surface area contributed by atoms with E-state index in [1.54, 1.807) is 31.4 Å². The van der Waals surface area contributed by atoms with Crippen LogP contribution in [-0.4, -0.2) is 13.0 Å². The number of thioether (sulfide) groups is 1. The van der Waals surface area contributed by atoms with Gasteiger partial charge in [0.1, 0.15) is 5.75 Å². The Balaban J connectivity index is 1.58. The number of anilines is 1. The third-order valence-electron chi connectivity index (χ3n) is 7.37. The maximum Gasteiger partial charge on any atom is 0.254 e. The quantitative estimate of drug-likeness (QED) is 0.196. The van der Waals surface area contributed by atoms with Gasteiger partial charge in [0.2, 0.25) is 0 Å². The van der Waals surface area contributed by atoms with Crippen molar-refractivity contribution in [3.8, 4) is 17.9 Å². The number of halogens is 1. The number of para-hydroxylation sites is 2. The van der Waals surface area contributed by atoms with Gasteiger partial charge < -0.3 is 15.4 Å². The number of nitriles is 2. The first-order valence-electron chi connectivity index (χ1n) is 13.9. The lowest BCUT2D eigenvalue weighted by molar-refractivity contribution is -0.113. The van der Waals surface area contributed by atoms with Crippen LogP contribution in [0.25, 0.3) is 0 Å². The standard InChI is InChI=1S/C36H29ClN4O2S/c1-23-33(35(42)41-30-17-8-9-18-31(30)43-2)34(27-15-6-7-16-29(27)37)28(22-39)36(40-23)44-32(26-13-4-3-5-14-26)20-24-11-10-12-25(19-24)21-38/h3-19,32,34,40H,20H2,1-2H3,(H,41,42). The number of rotatable bonds is 9. The average Bonchev–Trinajstić information content (AvgIpc) is 3.05. The van der Waals surface area contributed by atoms with Crippen LogP contribution >= 0.6 is 23.4 Å². The first-order valence-corrected chi connectivity index (χ1v) is 15.2. The van der Waals surface area contributed by atoms with Crippen LogP contribution in [0, 0.1) is 22.7 Å². The van der Waals surface area contributed by atoms with Gasteiger partial charge in [-0.15, -0.1) is 0 Å². The summed E-state index contributed by atoms with van der Waals surface area (Å²) in [6.45, 7) is 1.84. The smallest absolute Gasteiger partial charge is 0.254 e. The number of dihydropyridines is 1. The molecule has 2 atom stereocenters. The van der Waals surface area contributed by atoms with E-state index >= 15 is 0 Å². The lowest BCUT2D eigenvalue weighted by Gasteiger charge is -2.32. The van der Waals surface area contributed by atoms with E-state index in [2.05, 4.69) is 34.9 Å². The number of hydrogen-bond acceptors (Lipinski definition) is 6. The van der Waals surface area contributed by atoms with Gasteiger partial charge in [-0.2, -0.15) is 10.5 Å². The van der Waals surface area contributed by atoms with Crippen LogP contribution in [-0.2, 0) is 11.2 Å². The van der Waals surface area contributed by atoms with E-state index in [0.29, 0.717) is 55.9 Å². The number of hydrogen-bond donors (Lipinski definition) is 2. The summed E-state index contributed by atoms with van der Waals surface area (Å²) in [5.41, 5.74) is 5.25. The number of carbonyl (C=O) groups excluding carboxylic acids is 1. The van der Waals surface area contributed by atoms with Crippen molar-refractivity contribution in [3.05, 3.63) is 152 Å². The number of amides is 1. The molecule has 2 unspecified atom stereocenters. The molecular weight excluding hydrogens is 588 g/mol. The number of nitrogens with zero attached hydrogens (tertiary/aromatic N) is 2. The second-order valence-electron chi connectivity index (χ2n) is 10.2. The maximum absolute atomic E-state index is 14.0. The molecule has 0 saturated carbocycles. The van der Waals surface area contributed by atoms with Crippen molar-refractivity contribution in [2.75, 3.05) is 12.4 Å². The van der Waals surface area contributed by atoms with Crippen LogP contribution in [0.3, 0.4) is 0 Å². The molecule has 4 aromatic rings. The minimum absolute atomic E-state index is 0.0976. The Morgan fingerprint density at radius 3 is 2.43 bits per heavy atom. The molecule has 1 amide bonds. The van der Waals surface area contributed by atoms with E-state index in [-0.39, 0.29) is 11.2 Å². The van der Waals surface area contributed by atoms with Gasteiger partial charge in [-0.05, 0) is 60.4 Å². The number of nitrogens with one attached hydrogen (secondary N) is 2. The zero-order chi connectivity index (χ0) is 31.1. The summed E-state index contributed by atoms with van der Waals surface area (Å²) in [6.07, 6.45) is 0.620. The Morgan fingerprint density at radius 2 is 1.70 bits per heavy atom. The van der Waals surface area contributed by atoms with E-state index in [0.717, 1.165) is 11.1 Å². The second-order valence-corrected chi connectivity index (χ2v) is 11.8. The molecule has 2 N–H and O–H groups in total. The van der Waals surface area contributed by atoms with Gasteiger partial charge in [0.25, 0.3) is 5.91 Å². The Labute approximate surface area is 266 Å². The lowest BCUT2D eigenvalue weighted by atomic mass is 9.82. The molecule has 0 spiro atoms. The molecule has 0 bridgehead atoms. The predicted molar refractivity (Wildman–Crippen MR) is 176 cm³/mol. The van der Waals surface area contributed by atoms with E-state index < -0.39 is 5.92 Å². The number of methoxy groups -OCH3 is 1. The fourth-order valence-corrected chi connectivity index (χ4v) is 6.88. The normalized spacial score (nSPS) is 15.1. The van der Waals surface area contributed by atoms with Crippen molar-refractivity contribution >= 4 is 35.0 Å². The lowest BCUT2D eigenvalue weighted by Crippen LogP contribution is -2.31. The van der Waals surface area contributed by atoms with Gasteiger partial charge in [-0.3, -0.25) is 4.79 Å². The van der Waals surface area contributed by atoms with Crippen molar-refractivity contribution in [2.45, 2.75) is 24.5 Å². The topological polar surface area (TPSA) is 97.9 Å². The van der Waals surface area contributed by atoms with Crippen molar-refractivity contribution in [3.63, 3.8) is 0 Å². The van der Waals surface area contributed by atoms with Crippen LogP contribution in [0.4, 0.5) is 5.69 Å². The van der Waals surface area contributed by atoms with Crippen molar-refractivity contribution in [2.24, 2.45) is 0 Å². The molecule has 6 nitrogen and oxygen atoms in total. The second kappa shape index (κ2) is 14.0.